The second kappa shape index (κ2) is 9.99. The van der Waals surface area contributed by atoms with Gasteiger partial charge in [-0.1, -0.05) is 23.8 Å². The standard InChI is InChI=1S/C22H35N3O2S/c1-5-23-21(24-16-22(28-4)8-11-26-12-9-22)25-10-13-27-20(15-25)19-7-6-17(2)14-18(19)3/h6-7,14,20H,5,8-13,15-16H2,1-4H3,(H,23,24). The third kappa shape index (κ3) is 5.22. The SMILES string of the molecule is CCNC(=NCC1(SC)CCOCC1)N1CCOC(c2ccc(C)cc2C)C1. The molecule has 1 unspecified atom stereocenters. The minimum absolute atomic E-state index is 0.0933. The van der Waals surface area contributed by atoms with Crippen molar-refractivity contribution in [3.05, 3.63) is 34.9 Å². The predicted octanol–water partition coefficient (Wildman–Crippen LogP) is 3.55. The van der Waals surface area contributed by atoms with Crippen LogP contribution in [-0.2, 0) is 9.47 Å². The van der Waals surface area contributed by atoms with Gasteiger partial charge in [-0.15, -0.1) is 0 Å². The largest absolute Gasteiger partial charge is 0.381 e. The van der Waals surface area contributed by atoms with Crippen molar-refractivity contribution >= 4 is 17.7 Å². The minimum atomic E-state index is 0.0933. The van der Waals surface area contributed by atoms with Crippen LogP contribution in [0, 0.1) is 13.8 Å². The molecule has 0 bridgehead atoms. The average Bonchev–Trinajstić information content (AvgIpc) is 2.72. The van der Waals surface area contributed by atoms with Crippen molar-refractivity contribution in [3.8, 4) is 0 Å². The summed E-state index contributed by atoms with van der Waals surface area (Å²) in [5, 5.41) is 3.51. The van der Waals surface area contributed by atoms with Gasteiger partial charge in [0.25, 0.3) is 0 Å². The molecule has 1 aromatic carbocycles. The fourth-order valence-electron chi connectivity index (χ4n) is 4.03. The van der Waals surface area contributed by atoms with Crippen LogP contribution in [0.4, 0.5) is 0 Å². The maximum atomic E-state index is 6.13. The van der Waals surface area contributed by atoms with E-state index >= 15 is 0 Å². The Morgan fingerprint density at radius 2 is 2.07 bits per heavy atom. The summed E-state index contributed by atoms with van der Waals surface area (Å²) in [6.07, 6.45) is 4.45. The van der Waals surface area contributed by atoms with Gasteiger partial charge in [-0.05, 0) is 51.0 Å². The topological polar surface area (TPSA) is 46.1 Å². The number of thioether (sulfide) groups is 1. The van der Waals surface area contributed by atoms with Crippen LogP contribution in [-0.4, -0.2) is 67.9 Å². The highest BCUT2D eigenvalue weighted by molar-refractivity contribution is 8.00. The number of benzene rings is 1. The van der Waals surface area contributed by atoms with Crippen LogP contribution in [0.25, 0.3) is 0 Å². The van der Waals surface area contributed by atoms with Crippen molar-refractivity contribution < 1.29 is 9.47 Å². The van der Waals surface area contributed by atoms with Gasteiger partial charge in [-0.25, -0.2) is 0 Å². The second-order valence-electron chi connectivity index (χ2n) is 7.84. The van der Waals surface area contributed by atoms with Crippen molar-refractivity contribution in [3.63, 3.8) is 0 Å². The maximum Gasteiger partial charge on any atom is 0.194 e. The van der Waals surface area contributed by atoms with Gasteiger partial charge in [0.1, 0.15) is 6.10 Å². The molecule has 0 aliphatic carbocycles. The van der Waals surface area contributed by atoms with Crippen LogP contribution in [0.2, 0.25) is 0 Å². The third-order valence-corrected chi connectivity index (χ3v) is 7.23. The zero-order chi connectivity index (χ0) is 20.0. The first-order valence-corrected chi connectivity index (χ1v) is 11.6. The number of aryl methyl sites for hydroxylation is 2. The second-order valence-corrected chi connectivity index (χ2v) is 9.11. The monoisotopic (exact) mass is 405 g/mol. The van der Waals surface area contributed by atoms with Gasteiger partial charge in [-0.2, -0.15) is 11.8 Å². The molecule has 2 heterocycles. The molecule has 5 nitrogen and oxygen atoms in total. The van der Waals surface area contributed by atoms with E-state index in [1.165, 1.54) is 16.7 Å². The molecule has 156 valence electrons. The zero-order valence-electron chi connectivity index (χ0n) is 17.8. The lowest BCUT2D eigenvalue weighted by molar-refractivity contribution is -0.00838. The normalized spacial score (nSPS) is 22.9. The highest BCUT2D eigenvalue weighted by Crippen LogP contribution is 2.34. The van der Waals surface area contributed by atoms with Gasteiger partial charge in [0.15, 0.2) is 5.96 Å². The lowest BCUT2D eigenvalue weighted by atomic mass is 9.99. The van der Waals surface area contributed by atoms with Gasteiger partial charge in [0.2, 0.25) is 0 Å². The summed E-state index contributed by atoms with van der Waals surface area (Å²) in [7, 11) is 0. The van der Waals surface area contributed by atoms with Crippen molar-refractivity contribution in [2.45, 2.75) is 44.5 Å². The number of nitrogens with zero attached hydrogens (tertiary/aromatic N) is 2. The van der Waals surface area contributed by atoms with Crippen molar-refractivity contribution in [2.75, 3.05) is 52.3 Å². The first kappa shape index (κ1) is 21.5. The molecule has 0 spiro atoms. The van der Waals surface area contributed by atoms with E-state index in [0.717, 1.165) is 64.8 Å². The van der Waals surface area contributed by atoms with Gasteiger partial charge in [0, 0.05) is 31.1 Å². The van der Waals surface area contributed by atoms with E-state index in [0.29, 0.717) is 0 Å². The Hall–Kier alpha value is -1.24. The number of guanidine groups is 1. The van der Waals surface area contributed by atoms with Crippen LogP contribution in [0.3, 0.4) is 0 Å². The number of hydrogen-bond acceptors (Lipinski definition) is 4. The summed E-state index contributed by atoms with van der Waals surface area (Å²) in [4.78, 5) is 7.43. The van der Waals surface area contributed by atoms with E-state index in [2.05, 4.69) is 55.4 Å². The van der Waals surface area contributed by atoms with E-state index in [9.17, 15) is 0 Å². The van der Waals surface area contributed by atoms with Crippen molar-refractivity contribution in [1.82, 2.24) is 10.2 Å². The lowest BCUT2D eigenvalue weighted by Crippen LogP contribution is -2.49. The van der Waals surface area contributed by atoms with E-state index < -0.39 is 0 Å². The molecule has 0 saturated carbocycles. The first-order chi connectivity index (χ1) is 13.6. The molecule has 6 heteroatoms. The van der Waals surface area contributed by atoms with Crippen molar-refractivity contribution in [1.29, 1.82) is 0 Å². The molecule has 1 aromatic rings. The number of morpholine rings is 1. The number of ether oxygens (including phenoxy) is 2. The first-order valence-electron chi connectivity index (χ1n) is 10.4. The summed E-state index contributed by atoms with van der Waals surface area (Å²) in [6, 6.07) is 6.63. The van der Waals surface area contributed by atoms with Gasteiger partial charge in [0.05, 0.1) is 19.7 Å². The van der Waals surface area contributed by atoms with Gasteiger partial charge in [-0.3, -0.25) is 4.99 Å². The molecule has 28 heavy (non-hydrogen) atoms. The minimum Gasteiger partial charge on any atom is -0.381 e. The molecule has 2 saturated heterocycles. The zero-order valence-corrected chi connectivity index (χ0v) is 18.6. The fraction of sp³-hybridized carbons (Fsp3) is 0.682. The third-order valence-electron chi connectivity index (χ3n) is 5.83. The van der Waals surface area contributed by atoms with E-state index in [1.807, 2.05) is 11.8 Å². The molecule has 3 rings (SSSR count). The smallest absolute Gasteiger partial charge is 0.194 e. The Kier molecular flexibility index (Phi) is 7.66. The summed E-state index contributed by atoms with van der Waals surface area (Å²) in [5.41, 5.74) is 3.89. The molecular formula is C22H35N3O2S. The number of hydrogen-bond donors (Lipinski definition) is 1. The number of rotatable bonds is 5. The molecule has 2 aliphatic heterocycles. The van der Waals surface area contributed by atoms with Crippen LogP contribution >= 0.6 is 11.8 Å². The molecular weight excluding hydrogens is 370 g/mol. The van der Waals surface area contributed by atoms with Crippen LogP contribution in [0.1, 0.15) is 42.6 Å². The summed E-state index contributed by atoms with van der Waals surface area (Å²) >= 11 is 1.94. The predicted molar refractivity (Wildman–Crippen MR) is 118 cm³/mol. The van der Waals surface area contributed by atoms with Gasteiger partial charge < -0.3 is 19.7 Å². The lowest BCUT2D eigenvalue weighted by Gasteiger charge is -2.37. The van der Waals surface area contributed by atoms with Gasteiger partial charge >= 0.3 is 0 Å². The average molecular weight is 406 g/mol. The number of nitrogens with one attached hydrogen (secondary N) is 1. The Labute approximate surface area is 174 Å². The molecule has 2 aliphatic rings. The summed E-state index contributed by atoms with van der Waals surface area (Å²) in [5.74, 6) is 1.01. The Morgan fingerprint density at radius 3 is 2.75 bits per heavy atom. The summed E-state index contributed by atoms with van der Waals surface area (Å²) in [6.45, 7) is 12.3. The quantitative estimate of drug-likeness (QED) is 0.600. The fourth-order valence-corrected chi connectivity index (χ4v) is 4.80. The Morgan fingerprint density at radius 1 is 1.29 bits per heavy atom. The van der Waals surface area contributed by atoms with Crippen LogP contribution in [0.5, 0.6) is 0 Å². The molecule has 2 fully saturated rings. The molecule has 0 amide bonds. The maximum absolute atomic E-state index is 6.13. The van der Waals surface area contributed by atoms with Crippen LogP contribution in [0.15, 0.2) is 23.2 Å². The highest BCUT2D eigenvalue weighted by atomic mass is 32.2. The van der Waals surface area contributed by atoms with E-state index in [4.69, 9.17) is 14.5 Å². The number of aliphatic imine (C=N–C) groups is 1. The Balaban J connectivity index is 1.73. The van der Waals surface area contributed by atoms with Crippen molar-refractivity contribution in [2.24, 2.45) is 4.99 Å². The molecule has 0 aromatic heterocycles. The molecule has 1 N–H and O–H groups in total. The summed E-state index contributed by atoms with van der Waals surface area (Å²) < 4.78 is 11.9. The Bertz CT molecular complexity index is 674. The van der Waals surface area contributed by atoms with E-state index in [1.54, 1.807) is 0 Å². The molecule has 1 atom stereocenters. The molecule has 0 radical (unpaired) electrons. The highest BCUT2D eigenvalue weighted by Gasteiger charge is 2.32. The van der Waals surface area contributed by atoms with E-state index in [-0.39, 0.29) is 10.9 Å². The van der Waals surface area contributed by atoms with Crippen LogP contribution < -0.4 is 5.32 Å².